The van der Waals surface area contributed by atoms with Gasteiger partial charge in [-0.15, -0.1) is 0 Å². The highest BCUT2D eigenvalue weighted by molar-refractivity contribution is 5.80. The Morgan fingerprint density at radius 2 is 1.50 bits per heavy atom. The fourth-order valence-corrected chi connectivity index (χ4v) is 2.38. The molecule has 0 radical (unpaired) electrons. The molecule has 2 heterocycles. The molecule has 0 saturated heterocycles. The normalized spacial score (nSPS) is 11.7. The minimum Gasteiger partial charge on any atom is -0.341 e. The summed E-state index contributed by atoms with van der Waals surface area (Å²) in [6.07, 6.45) is 4.27. The first-order valence-corrected chi connectivity index (χ1v) is 8.47. The number of aromatic nitrogens is 3. The summed E-state index contributed by atoms with van der Waals surface area (Å²) >= 11 is 0. The van der Waals surface area contributed by atoms with Gasteiger partial charge in [-0.2, -0.15) is 5.10 Å². The molecule has 2 aromatic heterocycles. The molecule has 1 aromatic carbocycles. The number of benzene rings is 1. The highest BCUT2D eigenvalue weighted by Gasteiger charge is 2.52. The molecule has 3 aromatic rings. The molecular formula is C19H22FN3O5. The first-order chi connectivity index (χ1) is 13.3. The Kier molecular flexibility index (Phi) is 6.60. The minimum atomic E-state index is -3.32. The molecule has 4 N–H and O–H groups in total. The average Bonchev–Trinajstić information content (AvgIpc) is 3.17. The van der Waals surface area contributed by atoms with E-state index in [0.717, 1.165) is 7.11 Å². The van der Waals surface area contributed by atoms with Crippen LogP contribution in [-0.2, 0) is 10.6 Å². The van der Waals surface area contributed by atoms with E-state index < -0.39 is 17.7 Å². The zero-order chi connectivity index (χ0) is 20.9. The van der Waals surface area contributed by atoms with E-state index in [1.807, 2.05) is 13.8 Å². The van der Waals surface area contributed by atoms with Crippen LogP contribution in [0.3, 0.4) is 0 Å². The quantitative estimate of drug-likeness (QED) is 0.488. The van der Waals surface area contributed by atoms with Crippen molar-refractivity contribution in [3.05, 3.63) is 60.8 Å². The third-order valence-electron chi connectivity index (χ3n) is 3.86. The van der Waals surface area contributed by atoms with Crippen molar-refractivity contribution in [3.63, 3.8) is 0 Å². The van der Waals surface area contributed by atoms with Crippen LogP contribution >= 0.6 is 0 Å². The number of nitrogens with zero attached hydrogens (tertiary/aromatic N) is 3. The zero-order valence-electron chi connectivity index (χ0n) is 15.6. The lowest BCUT2D eigenvalue weighted by Crippen LogP contribution is -2.57. The summed E-state index contributed by atoms with van der Waals surface area (Å²) < 4.78 is 18.1. The fourth-order valence-electron chi connectivity index (χ4n) is 2.38. The summed E-state index contributed by atoms with van der Waals surface area (Å²) in [5, 5.41) is 43.7. The van der Waals surface area contributed by atoms with Crippen LogP contribution in [0.25, 0.3) is 22.4 Å². The van der Waals surface area contributed by atoms with E-state index in [1.54, 1.807) is 12.1 Å². The topological polar surface area (TPSA) is 121 Å². The SMILES string of the molecule is CC.COC(O)(O)C(O)(O)n1cc(-c2ccncc2)c(-c2ccc(F)cc2)n1. The summed E-state index contributed by atoms with van der Waals surface area (Å²) in [5.41, 5.74) is 1.79. The van der Waals surface area contributed by atoms with Crippen LogP contribution in [0.5, 0.6) is 0 Å². The third-order valence-corrected chi connectivity index (χ3v) is 3.86. The molecule has 0 saturated carbocycles. The zero-order valence-corrected chi connectivity index (χ0v) is 15.6. The largest absolute Gasteiger partial charge is 0.359 e. The van der Waals surface area contributed by atoms with Crippen LogP contribution in [0.15, 0.2) is 55.0 Å². The predicted octanol–water partition coefficient (Wildman–Crippen LogP) is 1.66. The lowest BCUT2D eigenvalue weighted by atomic mass is 10.0. The number of ether oxygens (including phenoxy) is 1. The van der Waals surface area contributed by atoms with Crippen molar-refractivity contribution in [1.82, 2.24) is 14.8 Å². The van der Waals surface area contributed by atoms with Gasteiger partial charge >= 0.3 is 11.9 Å². The molecule has 0 amide bonds. The molecule has 0 bridgehead atoms. The van der Waals surface area contributed by atoms with Crippen molar-refractivity contribution in [1.29, 1.82) is 0 Å². The van der Waals surface area contributed by atoms with E-state index in [4.69, 9.17) is 0 Å². The molecule has 0 aliphatic carbocycles. The lowest BCUT2D eigenvalue weighted by molar-refractivity contribution is -0.489. The smallest absolute Gasteiger partial charge is 0.341 e. The van der Waals surface area contributed by atoms with Gasteiger partial charge < -0.3 is 25.2 Å². The van der Waals surface area contributed by atoms with Crippen LogP contribution in [0.4, 0.5) is 4.39 Å². The standard InChI is InChI=1S/C17H16FN3O5.C2H6/c1-26-17(24,25)16(22,23)21-10-14(11-6-8-19-9-7-11)15(20-21)12-2-4-13(18)5-3-12;1-2/h2-10,22-25H,1H3;1-2H3. The highest BCUT2D eigenvalue weighted by Crippen LogP contribution is 2.34. The summed E-state index contributed by atoms with van der Waals surface area (Å²) in [6.45, 7) is 4.00. The monoisotopic (exact) mass is 391 g/mol. The van der Waals surface area contributed by atoms with Gasteiger partial charge in [0.15, 0.2) is 0 Å². The van der Waals surface area contributed by atoms with Gasteiger partial charge in [-0.25, -0.2) is 9.07 Å². The van der Waals surface area contributed by atoms with Crippen LogP contribution in [-0.4, -0.2) is 48.3 Å². The van der Waals surface area contributed by atoms with Gasteiger partial charge in [0, 0.05) is 36.8 Å². The van der Waals surface area contributed by atoms with Gasteiger partial charge in [0.25, 0.3) is 0 Å². The molecule has 150 valence electrons. The molecule has 9 heteroatoms. The first-order valence-electron chi connectivity index (χ1n) is 8.47. The van der Waals surface area contributed by atoms with Gasteiger partial charge in [0.2, 0.25) is 0 Å². The maximum absolute atomic E-state index is 13.2. The maximum Gasteiger partial charge on any atom is 0.359 e. The minimum absolute atomic E-state index is 0.260. The molecule has 0 fully saturated rings. The third kappa shape index (κ3) is 4.08. The summed E-state index contributed by atoms with van der Waals surface area (Å²) in [6, 6.07) is 8.70. The van der Waals surface area contributed by atoms with Crippen LogP contribution in [0.2, 0.25) is 0 Å². The number of halogens is 1. The van der Waals surface area contributed by atoms with Crippen molar-refractivity contribution in [2.45, 2.75) is 25.7 Å². The molecule has 8 nitrogen and oxygen atoms in total. The molecule has 0 aliphatic rings. The predicted molar refractivity (Wildman–Crippen MR) is 98.8 cm³/mol. The summed E-state index contributed by atoms with van der Waals surface area (Å²) in [7, 11) is 0.884. The fraction of sp³-hybridized carbons (Fsp3) is 0.263. The molecule has 0 spiro atoms. The van der Waals surface area contributed by atoms with Crippen LogP contribution in [0.1, 0.15) is 13.8 Å². The number of hydrogen-bond acceptors (Lipinski definition) is 7. The van der Waals surface area contributed by atoms with Gasteiger partial charge in [0.1, 0.15) is 11.5 Å². The summed E-state index contributed by atoms with van der Waals surface area (Å²) in [4.78, 5) is 3.92. The Labute approximate surface area is 161 Å². The Bertz CT molecular complexity index is 896. The maximum atomic E-state index is 13.2. The van der Waals surface area contributed by atoms with E-state index in [0.29, 0.717) is 21.4 Å². The molecule has 0 aliphatic heterocycles. The summed E-state index contributed by atoms with van der Waals surface area (Å²) in [5.74, 6) is -7.06. The molecule has 28 heavy (non-hydrogen) atoms. The number of methoxy groups -OCH3 is 1. The Morgan fingerprint density at radius 3 is 2.04 bits per heavy atom. The second kappa shape index (κ2) is 8.55. The van der Waals surface area contributed by atoms with Gasteiger partial charge in [-0.3, -0.25) is 4.98 Å². The van der Waals surface area contributed by atoms with Crippen molar-refractivity contribution in [2.24, 2.45) is 0 Å². The molecular weight excluding hydrogens is 369 g/mol. The second-order valence-electron chi connectivity index (χ2n) is 5.53. The first kappa shape index (κ1) is 21.6. The Morgan fingerprint density at radius 1 is 0.929 bits per heavy atom. The van der Waals surface area contributed by atoms with Crippen LogP contribution < -0.4 is 0 Å². The number of hydrogen-bond donors (Lipinski definition) is 4. The van der Waals surface area contributed by atoms with Crippen molar-refractivity contribution in [2.75, 3.05) is 7.11 Å². The molecule has 0 unspecified atom stereocenters. The van der Waals surface area contributed by atoms with Crippen molar-refractivity contribution in [3.8, 4) is 22.4 Å². The van der Waals surface area contributed by atoms with E-state index >= 15 is 0 Å². The molecule has 0 atom stereocenters. The average molecular weight is 391 g/mol. The van der Waals surface area contributed by atoms with Gasteiger partial charge in [-0.05, 0) is 42.0 Å². The van der Waals surface area contributed by atoms with Crippen LogP contribution in [0, 0.1) is 5.82 Å². The van der Waals surface area contributed by atoms with E-state index in [1.165, 1.54) is 42.9 Å². The number of pyridine rings is 1. The van der Waals surface area contributed by atoms with E-state index in [-0.39, 0.29) is 5.69 Å². The van der Waals surface area contributed by atoms with Crippen molar-refractivity contribution >= 4 is 0 Å². The lowest BCUT2D eigenvalue weighted by Gasteiger charge is -2.32. The Balaban J connectivity index is 0.00000136. The Hall–Kier alpha value is -2.69. The van der Waals surface area contributed by atoms with E-state index in [9.17, 15) is 24.8 Å². The number of aliphatic hydroxyl groups is 4. The number of rotatable bonds is 5. The highest BCUT2D eigenvalue weighted by atomic mass is 19.1. The van der Waals surface area contributed by atoms with E-state index in [2.05, 4.69) is 14.8 Å². The molecule has 3 rings (SSSR count). The van der Waals surface area contributed by atoms with Gasteiger partial charge in [0.05, 0.1) is 0 Å². The second-order valence-corrected chi connectivity index (χ2v) is 5.53. The van der Waals surface area contributed by atoms with Crippen molar-refractivity contribution < 1.29 is 29.6 Å². The van der Waals surface area contributed by atoms with Gasteiger partial charge in [-0.1, -0.05) is 13.8 Å².